The summed E-state index contributed by atoms with van der Waals surface area (Å²) in [5.41, 5.74) is 19.0. The molecule has 0 aliphatic carbocycles. The molecule has 0 aliphatic rings. The number of benzene rings is 12. The summed E-state index contributed by atoms with van der Waals surface area (Å²) in [5, 5.41) is 24.9. The van der Waals surface area contributed by atoms with Crippen LogP contribution in [0.5, 0.6) is 34.5 Å². The summed E-state index contributed by atoms with van der Waals surface area (Å²) in [5.74, 6) is 5.71. The highest BCUT2D eigenvalue weighted by Gasteiger charge is 2.20. The van der Waals surface area contributed by atoms with Gasteiger partial charge < -0.3 is 23.9 Å². The van der Waals surface area contributed by atoms with Crippen LogP contribution >= 0.6 is 38.5 Å². The van der Waals surface area contributed by atoms with E-state index in [0.717, 1.165) is 128 Å². The standard InChI is InChI=1S/C36H30N4O.C27H19N3O.C16H14N2O.C9H12BrN.C9H8N2.C7H7IO/c1-36(2,3)27-18-19-37-35(20-27)40-33-15-8-7-14-31(33)32-17-16-30(22-34(32)40)41-29-13-9-12-28(21-29)39-24-26(23-38-39)25-10-5-4-6-11-25;1-2-7-19(8-3-1)20-17-28-30(18-20)21-9-6-10-22(15-21)31-23-13-14-25-24-11-4-5-12-26(24)29-27(25)16-23;1-19-16-9-5-8-15(10-16)18-12-14(11-17-18)13-6-3-2-4-7-13;1-9(2,3)7-4-5-11-8(10)6-7;1-2-4-8(5-3-1)9-6-10-11-7-9;1-9-7-4-2-3-6(8)5-7/h4-24H,1-3H3;1-18,29H;2-12H,1H3;4-6H,1-3H3;1-7H,(H,10,11);2-5H,1H3. The predicted molar refractivity (Wildman–Crippen MR) is 507 cm³/mol. The Morgan fingerprint density at radius 3 is 1.24 bits per heavy atom. The Morgan fingerprint density at radius 2 is 0.754 bits per heavy atom. The molecule has 0 aliphatic heterocycles. The molecule has 12 aromatic carbocycles. The summed E-state index contributed by atoms with van der Waals surface area (Å²) in [4.78, 5) is 12.3. The van der Waals surface area contributed by atoms with E-state index in [1.165, 1.54) is 36.4 Å². The fourth-order valence-corrected chi connectivity index (χ4v) is 14.7. The first kappa shape index (κ1) is 82.9. The highest BCUT2D eigenvalue weighted by Crippen LogP contribution is 2.38. The van der Waals surface area contributed by atoms with Crippen molar-refractivity contribution < 1.29 is 18.9 Å². The molecule has 0 saturated carbocycles. The molecule has 18 heteroatoms. The Labute approximate surface area is 732 Å². The number of hydrogen-bond donors (Lipinski definition) is 2. The highest BCUT2D eigenvalue weighted by molar-refractivity contribution is 14.1. The molecule has 122 heavy (non-hydrogen) atoms. The largest absolute Gasteiger partial charge is 0.497 e. The Morgan fingerprint density at radius 1 is 0.336 bits per heavy atom. The van der Waals surface area contributed by atoms with Crippen LogP contribution in [0.15, 0.2) is 394 Å². The van der Waals surface area contributed by atoms with Crippen LogP contribution in [0.2, 0.25) is 0 Å². The van der Waals surface area contributed by atoms with Crippen LogP contribution in [0.3, 0.4) is 0 Å². The van der Waals surface area contributed by atoms with E-state index in [9.17, 15) is 0 Å². The van der Waals surface area contributed by atoms with Crippen molar-refractivity contribution in [1.82, 2.24) is 59.1 Å². The van der Waals surface area contributed by atoms with Crippen LogP contribution in [0.25, 0.3) is 111 Å². The maximum absolute atomic E-state index is 6.43. The first-order valence-electron chi connectivity index (χ1n) is 39.9. The third kappa shape index (κ3) is 20.9. The minimum Gasteiger partial charge on any atom is -0.497 e. The Hall–Kier alpha value is -14.2. The summed E-state index contributed by atoms with van der Waals surface area (Å²) in [6.07, 6.45) is 19.2. The molecule has 0 unspecified atom stereocenters. The van der Waals surface area contributed by atoms with Gasteiger partial charge in [-0.05, 0) is 198 Å². The molecule has 16 nitrogen and oxygen atoms in total. The number of para-hydroxylation sites is 2. The lowest BCUT2D eigenvalue weighted by molar-refractivity contribution is 0.414. The highest BCUT2D eigenvalue weighted by atomic mass is 127. The molecule has 604 valence electrons. The van der Waals surface area contributed by atoms with Crippen LogP contribution in [0.1, 0.15) is 52.7 Å². The number of methoxy groups -OCH3 is 2. The number of aromatic nitrogens is 12. The third-order valence-corrected chi connectivity index (χ3v) is 21.3. The molecule has 0 amide bonds. The van der Waals surface area contributed by atoms with E-state index >= 15 is 0 Å². The summed E-state index contributed by atoms with van der Waals surface area (Å²) >= 11 is 5.59. The fraction of sp³-hybridized carbons (Fsp3) is 0.0962. The van der Waals surface area contributed by atoms with Crippen LogP contribution in [-0.4, -0.2) is 73.3 Å². The van der Waals surface area contributed by atoms with Gasteiger partial charge in [-0.3, -0.25) is 9.67 Å². The lowest BCUT2D eigenvalue weighted by atomic mass is 9.88. The van der Waals surface area contributed by atoms with Gasteiger partial charge in [0.15, 0.2) is 0 Å². The number of rotatable bonds is 14. The molecule has 2 N–H and O–H groups in total. The molecule has 0 fully saturated rings. The second kappa shape index (κ2) is 38.7. The average molecular weight is 1780 g/mol. The van der Waals surface area contributed by atoms with Gasteiger partial charge >= 0.3 is 0 Å². The normalized spacial score (nSPS) is 11.0. The molecular formula is C104H90BrIN12O4. The third-order valence-electron chi connectivity index (χ3n) is 20.2. The van der Waals surface area contributed by atoms with Crippen molar-refractivity contribution >= 4 is 82.1 Å². The van der Waals surface area contributed by atoms with E-state index < -0.39 is 0 Å². The maximum atomic E-state index is 6.43. The van der Waals surface area contributed by atoms with Gasteiger partial charge in [0.05, 0.1) is 72.6 Å². The van der Waals surface area contributed by atoms with E-state index in [1.54, 1.807) is 14.2 Å². The van der Waals surface area contributed by atoms with Gasteiger partial charge in [-0.15, -0.1) is 0 Å². The molecule has 0 spiro atoms. The molecule has 0 radical (unpaired) electrons. The van der Waals surface area contributed by atoms with E-state index in [-0.39, 0.29) is 10.8 Å². The first-order chi connectivity index (χ1) is 59.4. The number of hydrogen-bond acceptors (Lipinski definition) is 10. The van der Waals surface area contributed by atoms with Gasteiger partial charge in [0, 0.05) is 120 Å². The fourth-order valence-electron chi connectivity index (χ4n) is 13.8. The summed E-state index contributed by atoms with van der Waals surface area (Å²) in [7, 11) is 3.34. The number of fused-ring (bicyclic) bond motifs is 6. The monoisotopic (exact) mass is 1780 g/mol. The molecular weight excluding hydrogens is 1690 g/mol. The minimum absolute atomic E-state index is 0.0200. The van der Waals surface area contributed by atoms with Crippen molar-refractivity contribution in [3.8, 4) is 102 Å². The Kier molecular flexibility index (Phi) is 26.3. The van der Waals surface area contributed by atoms with Gasteiger partial charge in [-0.2, -0.15) is 20.4 Å². The van der Waals surface area contributed by atoms with Crippen LogP contribution < -0.4 is 18.9 Å². The lowest BCUT2D eigenvalue weighted by Gasteiger charge is -2.20. The molecule has 8 heterocycles. The zero-order valence-electron chi connectivity index (χ0n) is 68.8. The van der Waals surface area contributed by atoms with Crippen molar-refractivity contribution in [2.75, 3.05) is 14.2 Å². The Bertz CT molecular complexity index is 6810. The topological polar surface area (TPSA) is 166 Å². The van der Waals surface area contributed by atoms with Gasteiger partial charge in [0.25, 0.3) is 0 Å². The summed E-state index contributed by atoms with van der Waals surface area (Å²) in [6, 6.07) is 110. The van der Waals surface area contributed by atoms with Crippen molar-refractivity contribution in [3.05, 3.63) is 409 Å². The molecule has 0 saturated heterocycles. The SMILES string of the molecule is CC(C)(C)c1ccnc(-n2c3ccccc3c3ccc(Oc4cccc(-n5cc(-c6ccccc6)cn5)c4)cc32)c1.CC(C)(C)c1ccnc(Br)c1.COc1cccc(-n2cc(-c3ccccc3)cn2)c1.COc1cccc(I)c1.c1ccc(-c2cn[nH]c2)cc1.c1ccc(-c2cnn(-c3cccc(Oc4ccc5c(c4)[nH]c4ccccc45)c3)c2)cc1. The molecule has 0 atom stereocenters. The number of halogens is 2. The maximum Gasteiger partial charge on any atom is 0.137 e. The zero-order chi connectivity index (χ0) is 84.4. The second-order valence-electron chi connectivity index (χ2n) is 30.7. The molecule has 20 rings (SSSR count). The van der Waals surface area contributed by atoms with Crippen molar-refractivity contribution in [1.29, 1.82) is 0 Å². The van der Waals surface area contributed by atoms with Crippen molar-refractivity contribution in [3.63, 3.8) is 0 Å². The Balaban J connectivity index is 0.000000125. The molecule has 20 aromatic rings. The predicted octanol–water partition coefficient (Wildman–Crippen LogP) is 27.2. The number of pyridine rings is 2. The van der Waals surface area contributed by atoms with E-state index in [4.69, 9.17) is 23.9 Å². The van der Waals surface area contributed by atoms with Crippen molar-refractivity contribution in [2.45, 2.75) is 52.4 Å². The smallest absolute Gasteiger partial charge is 0.137 e. The number of aromatic amines is 2. The van der Waals surface area contributed by atoms with Crippen LogP contribution in [0.4, 0.5) is 0 Å². The average Bonchev–Trinajstić information content (AvgIpc) is 1.59. The van der Waals surface area contributed by atoms with E-state index in [1.807, 2.05) is 276 Å². The first-order valence-corrected chi connectivity index (χ1v) is 41.8. The van der Waals surface area contributed by atoms with Gasteiger partial charge in [-0.25, -0.2) is 24.0 Å². The van der Waals surface area contributed by atoms with Crippen LogP contribution in [-0.2, 0) is 10.8 Å². The van der Waals surface area contributed by atoms with Crippen LogP contribution in [0, 0.1) is 3.57 Å². The van der Waals surface area contributed by atoms with Gasteiger partial charge in [0.1, 0.15) is 44.9 Å². The quantitative estimate of drug-likeness (QED) is 0.0790. The molecule has 8 aromatic heterocycles. The molecule has 0 bridgehead atoms. The minimum atomic E-state index is 0.0200. The number of nitrogens with zero attached hydrogens (tertiary/aromatic N) is 10. The zero-order valence-corrected chi connectivity index (χ0v) is 72.6. The van der Waals surface area contributed by atoms with Crippen molar-refractivity contribution in [2.24, 2.45) is 0 Å². The summed E-state index contributed by atoms with van der Waals surface area (Å²) < 4.78 is 32.8. The number of ether oxygens (including phenoxy) is 4. The van der Waals surface area contributed by atoms with Gasteiger partial charge in [-0.1, -0.05) is 224 Å². The van der Waals surface area contributed by atoms with Gasteiger partial charge in [0.2, 0.25) is 0 Å². The lowest BCUT2D eigenvalue weighted by Crippen LogP contribution is -2.12. The number of nitrogens with one attached hydrogen (secondary N) is 2. The number of H-pyrrole nitrogens is 2. The second-order valence-corrected chi connectivity index (χ2v) is 32.8. The van der Waals surface area contributed by atoms with E-state index in [0.29, 0.717) is 0 Å². The summed E-state index contributed by atoms with van der Waals surface area (Å²) in [6.45, 7) is 13.2. The van der Waals surface area contributed by atoms with E-state index in [2.05, 4.69) is 247 Å².